The van der Waals surface area contributed by atoms with Crippen molar-refractivity contribution in [1.29, 1.82) is 0 Å². The van der Waals surface area contributed by atoms with E-state index in [0.717, 1.165) is 18.3 Å². The van der Waals surface area contributed by atoms with E-state index in [9.17, 15) is 4.79 Å². The number of carbonyl (C=O) groups excluding carboxylic acids is 1. The fourth-order valence-electron chi connectivity index (χ4n) is 1.95. The van der Waals surface area contributed by atoms with Gasteiger partial charge in [0.25, 0.3) is 5.91 Å². The van der Waals surface area contributed by atoms with Crippen LogP contribution in [0.2, 0.25) is 0 Å². The van der Waals surface area contributed by atoms with Gasteiger partial charge in [0.05, 0.1) is 0 Å². The Kier molecular flexibility index (Phi) is 6.07. The second-order valence-corrected chi connectivity index (χ2v) is 7.03. The lowest BCUT2D eigenvalue weighted by Gasteiger charge is -2.21. The maximum Gasteiger partial charge on any atom is 0.251 e. The summed E-state index contributed by atoms with van der Waals surface area (Å²) in [5.41, 5.74) is 1.94. The molecular weight excluding hydrogens is 276 g/mol. The minimum atomic E-state index is -0.0323. The van der Waals surface area contributed by atoms with E-state index < -0.39 is 0 Å². The molecule has 1 aliphatic rings. The largest absolute Gasteiger partial charge is 0.355 e. The first-order chi connectivity index (χ1) is 9.29. The van der Waals surface area contributed by atoms with E-state index in [1.165, 1.54) is 22.8 Å². The third-order valence-electron chi connectivity index (χ3n) is 3.03. The zero-order valence-corrected chi connectivity index (χ0v) is 12.8. The Hall–Kier alpha value is -0.650. The van der Waals surface area contributed by atoms with Gasteiger partial charge in [-0.2, -0.15) is 23.5 Å². The van der Waals surface area contributed by atoms with E-state index in [1.807, 2.05) is 24.3 Å². The summed E-state index contributed by atoms with van der Waals surface area (Å²) in [5, 5.41) is 6.87. The molecule has 1 aromatic carbocycles. The molecule has 1 atom stereocenters. The molecule has 104 valence electrons. The van der Waals surface area contributed by atoms with Crippen molar-refractivity contribution in [3.8, 4) is 0 Å². The van der Waals surface area contributed by atoms with Crippen molar-refractivity contribution >= 4 is 29.4 Å². The maximum absolute atomic E-state index is 11.4. The molecule has 5 heteroatoms. The second-order valence-electron chi connectivity index (χ2n) is 4.47. The topological polar surface area (TPSA) is 41.1 Å². The first kappa shape index (κ1) is 14.8. The van der Waals surface area contributed by atoms with Crippen LogP contribution in [-0.2, 0) is 6.54 Å². The Morgan fingerprint density at radius 3 is 2.74 bits per heavy atom. The fraction of sp³-hybridized carbons (Fsp3) is 0.500. The van der Waals surface area contributed by atoms with Crippen LogP contribution in [0, 0.1) is 0 Å². The standard InChI is InChI=1S/C14H20N2OS2/c1-15-14(17)12-4-2-11(3-5-12)8-16-9-13-10-18-6-7-19-13/h2-5,13,16H,6-10H2,1H3,(H,15,17). The van der Waals surface area contributed by atoms with Crippen LogP contribution in [0.25, 0.3) is 0 Å². The summed E-state index contributed by atoms with van der Waals surface area (Å²) in [6.45, 7) is 1.94. The number of benzene rings is 1. The van der Waals surface area contributed by atoms with E-state index in [4.69, 9.17) is 0 Å². The first-order valence-corrected chi connectivity index (χ1v) is 8.71. The van der Waals surface area contributed by atoms with Crippen molar-refractivity contribution < 1.29 is 4.79 Å². The van der Waals surface area contributed by atoms with Gasteiger partial charge in [-0.3, -0.25) is 4.79 Å². The molecule has 1 unspecified atom stereocenters. The number of hydrogen-bond donors (Lipinski definition) is 2. The number of rotatable bonds is 5. The highest BCUT2D eigenvalue weighted by molar-refractivity contribution is 8.06. The highest BCUT2D eigenvalue weighted by atomic mass is 32.2. The molecule has 2 rings (SSSR count). The minimum Gasteiger partial charge on any atom is -0.355 e. The number of carbonyl (C=O) groups is 1. The van der Waals surface area contributed by atoms with Crippen molar-refractivity contribution in [1.82, 2.24) is 10.6 Å². The summed E-state index contributed by atoms with van der Waals surface area (Å²) in [5.74, 6) is 3.79. The zero-order valence-electron chi connectivity index (χ0n) is 11.1. The number of amides is 1. The molecule has 0 aromatic heterocycles. The molecule has 1 saturated heterocycles. The molecule has 2 N–H and O–H groups in total. The van der Waals surface area contributed by atoms with Crippen molar-refractivity contribution in [2.75, 3.05) is 30.9 Å². The third kappa shape index (κ3) is 4.75. The lowest BCUT2D eigenvalue weighted by Crippen LogP contribution is -2.28. The third-order valence-corrected chi connectivity index (χ3v) is 5.87. The number of thioether (sulfide) groups is 2. The smallest absolute Gasteiger partial charge is 0.251 e. The van der Waals surface area contributed by atoms with Crippen LogP contribution < -0.4 is 10.6 Å². The average Bonchev–Trinajstić information content (AvgIpc) is 2.48. The van der Waals surface area contributed by atoms with Crippen LogP contribution >= 0.6 is 23.5 Å². The zero-order chi connectivity index (χ0) is 13.5. The van der Waals surface area contributed by atoms with Gasteiger partial charge in [-0.15, -0.1) is 0 Å². The molecule has 1 fully saturated rings. The highest BCUT2D eigenvalue weighted by Gasteiger charge is 2.13. The van der Waals surface area contributed by atoms with Crippen molar-refractivity contribution in [3.05, 3.63) is 35.4 Å². The van der Waals surface area contributed by atoms with Gasteiger partial charge in [0.15, 0.2) is 0 Å². The van der Waals surface area contributed by atoms with Gasteiger partial charge in [-0.1, -0.05) is 12.1 Å². The summed E-state index contributed by atoms with van der Waals surface area (Å²) < 4.78 is 0. The second kappa shape index (κ2) is 7.82. The van der Waals surface area contributed by atoms with Gasteiger partial charge in [0, 0.05) is 48.2 Å². The summed E-state index contributed by atoms with van der Waals surface area (Å²) in [6, 6.07) is 7.78. The molecule has 0 radical (unpaired) electrons. The predicted molar refractivity (Wildman–Crippen MR) is 85.1 cm³/mol. The van der Waals surface area contributed by atoms with Crippen molar-refractivity contribution in [3.63, 3.8) is 0 Å². The molecule has 0 spiro atoms. The first-order valence-electron chi connectivity index (χ1n) is 6.50. The van der Waals surface area contributed by atoms with Crippen LogP contribution in [0.4, 0.5) is 0 Å². The number of hydrogen-bond acceptors (Lipinski definition) is 4. The normalized spacial score (nSPS) is 19.1. The Labute approximate surface area is 123 Å². The molecule has 1 heterocycles. The van der Waals surface area contributed by atoms with Crippen LogP contribution in [0.1, 0.15) is 15.9 Å². The van der Waals surface area contributed by atoms with E-state index >= 15 is 0 Å². The molecule has 1 aliphatic heterocycles. The van der Waals surface area contributed by atoms with E-state index in [1.54, 1.807) is 7.05 Å². The molecule has 3 nitrogen and oxygen atoms in total. The molecule has 1 aromatic rings. The molecule has 0 saturated carbocycles. The predicted octanol–water partition coefficient (Wildman–Crippen LogP) is 1.98. The molecule has 19 heavy (non-hydrogen) atoms. The van der Waals surface area contributed by atoms with Gasteiger partial charge < -0.3 is 10.6 Å². The van der Waals surface area contributed by atoms with Gasteiger partial charge >= 0.3 is 0 Å². The maximum atomic E-state index is 11.4. The van der Waals surface area contributed by atoms with Crippen LogP contribution in [-0.4, -0.2) is 42.0 Å². The lowest BCUT2D eigenvalue weighted by atomic mass is 10.1. The highest BCUT2D eigenvalue weighted by Crippen LogP contribution is 2.23. The van der Waals surface area contributed by atoms with Gasteiger partial charge in [-0.05, 0) is 17.7 Å². The summed E-state index contributed by atoms with van der Waals surface area (Å²) >= 11 is 4.12. The van der Waals surface area contributed by atoms with Gasteiger partial charge in [0.1, 0.15) is 0 Å². The fourth-order valence-corrected chi connectivity index (χ4v) is 4.60. The summed E-state index contributed by atoms with van der Waals surface area (Å²) in [6.07, 6.45) is 0. The van der Waals surface area contributed by atoms with Crippen molar-refractivity contribution in [2.45, 2.75) is 11.8 Å². The van der Waals surface area contributed by atoms with E-state index in [0.29, 0.717) is 5.56 Å². The minimum absolute atomic E-state index is 0.0323. The van der Waals surface area contributed by atoms with Crippen LogP contribution in [0.3, 0.4) is 0 Å². The molecule has 1 amide bonds. The van der Waals surface area contributed by atoms with Crippen LogP contribution in [0.5, 0.6) is 0 Å². The summed E-state index contributed by atoms with van der Waals surface area (Å²) in [4.78, 5) is 11.4. The lowest BCUT2D eigenvalue weighted by molar-refractivity contribution is 0.0963. The Bertz CT molecular complexity index is 402. The Morgan fingerprint density at radius 2 is 2.11 bits per heavy atom. The number of nitrogens with one attached hydrogen (secondary N) is 2. The average molecular weight is 296 g/mol. The quantitative estimate of drug-likeness (QED) is 0.872. The summed E-state index contributed by atoms with van der Waals surface area (Å²) in [7, 11) is 1.65. The van der Waals surface area contributed by atoms with Gasteiger partial charge in [0.2, 0.25) is 0 Å². The van der Waals surface area contributed by atoms with Crippen LogP contribution in [0.15, 0.2) is 24.3 Å². The molecular formula is C14H20N2OS2. The monoisotopic (exact) mass is 296 g/mol. The van der Waals surface area contributed by atoms with E-state index in [-0.39, 0.29) is 5.91 Å². The Morgan fingerprint density at radius 1 is 1.32 bits per heavy atom. The van der Waals surface area contributed by atoms with E-state index in [2.05, 4.69) is 34.2 Å². The SMILES string of the molecule is CNC(=O)c1ccc(CNCC2CSCCS2)cc1. The van der Waals surface area contributed by atoms with Crippen molar-refractivity contribution in [2.24, 2.45) is 0 Å². The van der Waals surface area contributed by atoms with Gasteiger partial charge in [-0.25, -0.2) is 0 Å². The Balaban J connectivity index is 1.75. The molecule has 0 bridgehead atoms. The molecule has 0 aliphatic carbocycles.